The molecule has 0 saturated carbocycles. The van der Waals surface area contributed by atoms with Crippen molar-refractivity contribution in [2.24, 2.45) is 5.73 Å². The molecule has 2 aromatic rings. The molecule has 0 aliphatic carbocycles. The normalized spacial score (nSPS) is 12.0. The Morgan fingerprint density at radius 1 is 1.23 bits per heavy atom. The molecular weight excluding hydrogens is 281 g/mol. The first kappa shape index (κ1) is 16.2. The number of halogens is 1. The van der Waals surface area contributed by atoms with Crippen molar-refractivity contribution in [3.63, 3.8) is 0 Å². The van der Waals surface area contributed by atoms with Gasteiger partial charge in [0, 0.05) is 11.6 Å². The highest BCUT2D eigenvalue weighted by Gasteiger charge is 2.15. The summed E-state index contributed by atoms with van der Waals surface area (Å²) >= 11 is 0. The minimum Gasteiger partial charge on any atom is -0.466 e. The van der Waals surface area contributed by atoms with Gasteiger partial charge >= 0.3 is 5.97 Å². The molecule has 2 aromatic carbocycles. The molecule has 0 bridgehead atoms. The number of esters is 1. The Kier molecular flexibility index (Phi) is 5.28. The van der Waals surface area contributed by atoms with Crippen molar-refractivity contribution < 1.29 is 13.9 Å². The van der Waals surface area contributed by atoms with Crippen LogP contribution in [0.1, 0.15) is 30.5 Å². The van der Waals surface area contributed by atoms with E-state index in [1.807, 2.05) is 31.2 Å². The van der Waals surface area contributed by atoms with E-state index in [1.54, 1.807) is 19.1 Å². The second kappa shape index (κ2) is 7.18. The zero-order chi connectivity index (χ0) is 16.1. The largest absolute Gasteiger partial charge is 0.466 e. The lowest BCUT2D eigenvalue weighted by atomic mass is 9.95. The molecule has 1 atom stereocenters. The Morgan fingerprint density at radius 3 is 2.64 bits per heavy atom. The molecular formula is C18H20FNO2. The maximum Gasteiger partial charge on any atom is 0.307 e. The lowest BCUT2D eigenvalue weighted by Gasteiger charge is -2.14. The summed E-state index contributed by atoms with van der Waals surface area (Å²) in [6.07, 6.45) is 0.0761. The quantitative estimate of drug-likeness (QED) is 0.856. The van der Waals surface area contributed by atoms with E-state index in [4.69, 9.17) is 10.5 Å². The molecule has 1 unspecified atom stereocenters. The van der Waals surface area contributed by atoms with Crippen LogP contribution < -0.4 is 5.73 Å². The molecule has 0 amide bonds. The van der Waals surface area contributed by atoms with Crippen molar-refractivity contribution in [3.8, 4) is 11.1 Å². The Hall–Kier alpha value is -2.20. The molecule has 0 aromatic heterocycles. The minimum absolute atomic E-state index is 0.0761. The van der Waals surface area contributed by atoms with Crippen LogP contribution in [0.25, 0.3) is 11.1 Å². The number of carbonyl (C=O) groups is 1. The highest BCUT2D eigenvalue weighted by atomic mass is 19.1. The molecule has 22 heavy (non-hydrogen) atoms. The van der Waals surface area contributed by atoms with E-state index < -0.39 is 6.04 Å². The van der Waals surface area contributed by atoms with Crippen LogP contribution >= 0.6 is 0 Å². The highest BCUT2D eigenvalue weighted by Crippen LogP contribution is 2.29. The number of rotatable bonds is 5. The van der Waals surface area contributed by atoms with Crippen molar-refractivity contribution in [3.05, 3.63) is 59.4 Å². The van der Waals surface area contributed by atoms with Gasteiger partial charge in [-0.3, -0.25) is 4.79 Å². The summed E-state index contributed by atoms with van der Waals surface area (Å²) < 4.78 is 19.0. The summed E-state index contributed by atoms with van der Waals surface area (Å²) in [6, 6.07) is 11.8. The van der Waals surface area contributed by atoms with Gasteiger partial charge in [0.25, 0.3) is 0 Å². The topological polar surface area (TPSA) is 52.3 Å². The van der Waals surface area contributed by atoms with E-state index in [0.29, 0.717) is 17.7 Å². The Morgan fingerprint density at radius 2 is 1.95 bits per heavy atom. The molecule has 0 heterocycles. The SMILES string of the molecule is CCOC(=O)CC(N)c1ccc(F)c(-c2ccccc2C)c1. The summed E-state index contributed by atoms with van der Waals surface area (Å²) in [7, 11) is 0. The third-order valence-corrected chi connectivity index (χ3v) is 3.55. The number of benzene rings is 2. The van der Waals surface area contributed by atoms with Crippen LogP contribution in [0.2, 0.25) is 0 Å². The van der Waals surface area contributed by atoms with Gasteiger partial charge in [-0.25, -0.2) is 4.39 Å². The van der Waals surface area contributed by atoms with Crippen molar-refractivity contribution in [1.29, 1.82) is 0 Å². The second-order valence-electron chi connectivity index (χ2n) is 5.17. The van der Waals surface area contributed by atoms with Gasteiger partial charge in [0.2, 0.25) is 0 Å². The highest BCUT2D eigenvalue weighted by molar-refractivity contribution is 5.71. The van der Waals surface area contributed by atoms with E-state index in [-0.39, 0.29) is 18.2 Å². The first-order valence-corrected chi connectivity index (χ1v) is 7.29. The molecule has 116 valence electrons. The minimum atomic E-state index is -0.512. The zero-order valence-corrected chi connectivity index (χ0v) is 12.8. The van der Waals surface area contributed by atoms with Crippen molar-refractivity contribution in [2.45, 2.75) is 26.3 Å². The first-order valence-electron chi connectivity index (χ1n) is 7.29. The predicted octanol–water partition coefficient (Wildman–Crippen LogP) is 3.75. The van der Waals surface area contributed by atoms with Crippen LogP contribution in [0.3, 0.4) is 0 Å². The average Bonchev–Trinajstić information content (AvgIpc) is 2.48. The fourth-order valence-corrected chi connectivity index (χ4v) is 2.37. The Labute approximate surface area is 129 Å². The van der Waals surface area contributed by atoms with E-state index in [1.165, 1.54) is 6.07 Å². The van der Waals surface area contributed by atoms with E-state index in [2.05, 4.69) is 0 Å². The van der Waals surface area contributed by atoms with Gasteiger partial charge in [0.15, 0.2) is 0 Å². The molecule has 2 rings (SSSR count). The van der Waals surface area contributed by atoms with E-state index in [9.17, 15) is 9.18 Å². The molecule has 0 saturated heterocycles. The summed E-state index contributed by atoms with van der Waals surface area (Å²) in [6.45, 7) is 4.00. The predicted molar refractivity (Wildman–Crippen MR) is 84.8 cm³/mol. The maximum absolute atomic E-state index is 14.1. The van der Waals surface area contributed by atoms with Crippen LogP contribution in [-0.2, 0) is 9.53 Å². The fraction of sp³-hybridized carbons (Fsp3) is 0.278. The smallest absolute Gasteiger partial charge is 0.307 e. The average molecular weight is 301 g/mol. The molecule has 0 aliphatic heterocycles. The van der Waals surface area contributed by atoms with Gasteiger partial charge in [0.05, 0.1) is 13.0 Å². The summed E-state index contributed by atoms with van der Waals surface area (Å²) in [5, 5.41) is 0. The van der Waals surface area contributed by atoms with Crippen LogP contribution in [0, 0.1) is 12.7 Å². The molecule has 3 nitrogen and oxygen atoms in total. The van der Waals surface area contributed by atoms with E-state index >= 15 is 0 Å². The molecule has 0 spiro atoms. The third-order valence-electron chi connectivity index (χ3n) is 3.55. The molecule has 0 fully saturated rings. The van der Waals surface area contributed by atoms with Gasteiger partial charge in [-0.2, -0.15) is 0 Å². The number of carbonyl (C=O) groups excluding carboxylic acids is 1. The zero-order valence-electron chi connectivity index (χ0n) is 12.8. The lowest BCUT2D eigenvalue weighted by Crippen LogP contribution is -2.17. The van der Waals surface area contributed by atoms with Gasteiger partial charge in [-0.05, 0) is 42.7 Å². The Bertz CT molecular complexity index is 670. The van der Waals surface area contributed by atoms with Crippen LogP contribution in [0.4, 0.5) is 4.39 Å². The van der Waals surface area contributed by atoms with Crippen LogP contribution in [0.15, 0.2) is 42.5 Å². The van der Waals surface area contributed by atoms with Crippen LogP contribution in [-0.4, -0.2) is 12.6 Å². The van der Waals surface area contributed by atoms with E-state index in [0.717, 1.165) is 11.1 Å². The molecule has 4 heteroatoms. The van der Waals surface area contributed by atoms with Crippen molar-refractivity contribution in [2.75, 3.05) is 6.61 Å². The van der Waals surface area contributed by atoms with Crippen molar-refractivity contribution >= 4 is 5.97 Å². The number of hydrogen-bond acceptors (Lipinski definition) is 3. The maximum atomic E-state index is 14.1. The summed E-state index contributed by atoms with van der Waals surface area (Å²) in [5.41, 5.74) is 9.06. The number of ether oxygens (including phenoxy) is 1. The molecule has 0 radical (unpaired) electrons. The molecule has 0 aliphatic rings. The third kappa shape index (κ3) is 3.71. The van der Waals surface area contributed by atoms with Crippen LogP contribution in [0.5, 0.6) is 0 Å². The second-order valence-corrected chi connectivity index (χ2v) is 5.17. The Balaban J connectivity index is 2.31. The summed E-state index contributed by atoms with van der Waals surface area (Å²) in [5.74, 6) is -0.654. The molecule has 2 N–H and O–H groups in total. The first-order chi connectivity index (χ1) is 10.5. The van der Waals surface area contributed by atoms with Gasteiger partial charge in [-0.15, -0.1) is 0 Å². The summed E-state index contributed by atoms with van der Waals surface area (Å²) in [4.78, 5) is 11.5. The number of hydrogen-bond donors (Lipinski definition) is 1. The van der Waals surface area contributed by atoms with Gasteiger partial charge < -0.3 is 10.5 Å². The van der Waals surface area contributed by atoms with Crippen molar-refractivity contribution in [1.82, 2.24) is 0 Å². The number of nitrogens with two attached hydrogens (primary N) is 1. The van der Waals surface area contributed by atoms with Gasteiger partial charge in [-0.1, -0.05) is 30.3 Å². The fourth-order valence-electron chi connectivity index (χ4n) is 2.37. The number of aryl methyl sites for hydroxylation is 1. The van der Waals surface area contributed by atoms with Gasteiger partial charge in [0.1, 0.15) is 5.82 Å². The lowest BCUT2D eigenvalue weighted by molar-refractivity contribution is -0.143. The standard InChI is InChI=1S/C18H20FNO2/c1-3-22-18(21)11-17(20)13-8-9-16(19)15(10-13)14-7-5-4-6-12(14)2/h4-10,17H,3,11,20H2,1-2H3. The monoisotopic (exact) mass is 301 g/mol.